The molecule has 138 valence electrons. The van der Waals surface area contributed by atoms with Crippen LogP contribution < -0.4 is 5.43 Å². The third-order valence-electron chi connectivity index (χ3n) is 4.80. The van der Waals surface area contributed by atoms with Crippen LogP contribution in [-0.4, -0.2) is 51.9 Å². The molecule has 0 aliphatic carbocycles. The molecule has 2 aromatic heterocycles. The standard InChI is InChI=1S/C20H20N4O3/c25-19-15(14-27-18-5-2-1-4-16(18)19)13-23-8-3-9-24(11-10-23)20(26)17-12-21-6-7-22-17/h1-2,4-7,12,14H,3,8-11,13H2. The maximum absolute atomic E-state index is 12.7. The second kappa shape index (κ2) is 7.67. The van der Waals surface area contributed by atoms with Gasteiger partial charge in [-0.15, -0.1) is 0 Å². The summed E-state index contributed by atoms with van der Waals surface area (Å²) in [6.45, 7) is 3.28. The van der Waals surface area contributed by atoms with E-state index in [1.807, 2.05) is 12.1 Å². The Kier molecular flexibility index (Phi) is 4.93. The number of rotatable bonds is 3. The zero-order valence-electron chi connectivity index (χ0n) is 14.9. The zero-order valence-corrected chi connectivity index (χ0v) is 14.9. The van der Waals surface area contributed by atoms with Crippen molar-refractivity contribution >= 4 is 16.9 Å². The predicted octanol–water partition coefficient (Wildman–Crippen LogP) is 1.93. The maximum atomic E-state index is 12.7. The van der Waals surface area contributed by atoms with E-state index in [4.69, 9.17) is 4.42 Å². The number of para-hydroxylation sites is 1. The first-order chi connectivity index (χ1) is 13.2. The summed E-state index contributed by atoms with van der Waals surface area (Å²) in [6, 6.07) is 7.27. The van der Waals surface area contributed by atoms with Gasteiger partial charge in [-0.2, -0.15) is 0 Å². The van der Waals surface area contributed by atoms with E-state index < -0.39 is 0 Å². The van der Waals surface area contributed by atoms with E-state index >= 15 is 0 Å². The molecule has 0 atom stereocenters. The largest absolute Gasteiger partial charge is 0.464 e. The van der Waals surface area contributed by atoms with Crippen molar-refractivity contribution in [3.8, 4) is 0 Å². The van der Waals surface area contributed by atoms with Gasteiger partial charge < -0.3 is 9.32 Å². The van der Waals surface area contributed by atoms with Gasteiger partial charge in [0.1, 0.15) is 11.3 Å². The van der Waals surface area contributed by atoms with Crippen molar-refractivity contribution in [2.45, 2.75) is 13.0 Å². The molecule has 27 heavy (non-hydrogen) atoms. The van der Waals surface area contributed by atoms with Crippen LogP contribution in [-0.2, 0) is 6.54 Å². The van der Waals surface area contributed by atoms with E-state index in [2.05, 4.69) is 14.9 Å². The molecule has 1 aliphatic heterocycles. The minimum absolute atomic E-state index is 0.00795. The number of carbonyl (C=O) groups is 1. The quantitative estimate of drug-likeness (QED) is 0.707. The highest BCUT2D eigenvalue weighted by atomic mass is 16.3. The molecule has 0 radical (unpaired) electrons. The van der Waals surface area contributed by atoms with E-state index in [0.29, 0.717) is 48.4 Å². The van der Waals surface area contributed by atoms with Crippen LogP contribution in [0.2, 0.25) is 0 Å². The number of aromatic nitrogens is 2. The number of hydrogen-bond acceptors (Lipinski definition) is 6. The number of amides is 1. The molecular weight excluding hydrogens is 344 g/mol. The van der Waals surface area contributed by atoms with Crippen molar-refractivity contribution in [1.29, 1.82) is 0 Å². The Hall–Kier alpha value is -3.06. The van der Waals surface area contributed by atoms with Gasteiger partial charge in [0.2, 0.25) is 0 Å². The molecule has 1 amide bonds. The Morgan fingerprint density at radius 3 is 2.85 bits per heavy atom. The summed E-state index contributed by atoms with van der Waals surface area (Å²) in [6.07, 6.45) is 6.96. The molecule has 3 heterocycles. The van der Waals surface area contributed by atoms with E-state index in [0.717, 1.165) is 13.0 Å². The van der Waals surface area contributed by atoms with Crippen molar-refractivity contribution in [3.63, 3.8) is 0 Å². The fourth-order valence-corrected chi connectivity index (χ4v) is 3.37. The van der Waals surface area contributed by atoms with Crippen LogP contribution >= 0.6 is 0 Å². The van der Waals surface area contributed by atoms with Gasteiger partial charge in [0, 0.05) is 50.7 Å². The number of carbonyl (C=O) groups excluding carboxylic acids is 1. The molecule has 0 N–H and O–H groups in total. The SMILES string of the molecule is O=C(c1cnccn1)N1CCCN(Cc2coc3ccccc3c2=O)CC1. The summed E-state index contributed by atoms with van der Waals surface area (Å²) in [5.74, 6) is -0.102. The molecule has 1 aliphatic rings. The second-order valence-corrected chi connectivity index (χ2v) is 6.60. The first-order valence-corrected chi connectivity index (χ1v) is 8.99. The molecule has 0 saturated carbocycles. The van der Waals surface area contributed by atoms with Gasteiger partial charge >= 0.3 is 0 Å². The molecule has 0 unspecified atom stereocenters. The van der Waals surface area contributed by atoms with Crippen LogP contribution in [0, 0.1) is 0 Å². The van der Waals surface area contributed by atoms with Gasteiger partial charge in [0.25, 0.3) is 5.91 Å². The molecule has 7 nitrogen and oxygen atoms in total. The average molecular weight is 364 g/mol. The van der Waals surface area contributed by atoms with Crippen molar-refractivity contribution in [2.24, 2.45) is 0 Å². The zero-order chi connectivity index (χ0) is 18.6. The van der Waals surface area contributed by atoms with Crippen molar-refractivity contribution in [3.05, 3.63) is 70.6 Å². The highest BCUT2D eigenvalue weighted by Crippen LogP contribution is 2.13. The topological polar surface area (TPSA) is 79.5 Å². The predicted molar refractivity (Wildman–Crippen MR) is 100 cm³/mol. The molecule has 0 bridgehead atoms. The Morgan fingerprint density at radius 1 is 1.11 bits per heavy atom. The fourth-order valence-electron chi connectivity index (χ4n) is 3.37. The first kappa shape index (κ1) is 17.4. The van der Waals surface area contributed by atoms with Crippen molar-refractivity contribution < 1.29 is 9.21 Å². The van der Waals surface area contributed by atoms with Crippen LogP contribution in [0.15, 0.2) is 58.3 Å². The molecule has 4 rings (SSSR count). The number of hydrogen-bond donors (Lipinski definition) is 0. The maximum Gasteiger partial charge on any atom is 0.274 e. The first-order valence-electron chi connectivity index (χ1n) is 8.99. The molecule has 1 saturated heterocycles. The van der Waals surface area contributed by atoms with Gasteiger partial charge in [0.15, 0.2) is 5.43 Å². The number of benzene rings is 1. The number of nitrogens with zero attached hydrogens (tertiary/aromatic N) is 4. The summed E-state index contributed by atoms with van der Waals surface area (Å²) in [4.78, 5) is 37.3. The highest BCUT2D eigenvalue weighted by Gasteiger charge is 2.22. The minimum Gasteiger partial charge on any atom is -0.464 e. The Balaban J connectivity index is 1.45. The van der Waals surface area contributed by atoms with Gasteiger partial charge in [-0.3, -0.25) is 19.5 Å². The van der Waals surface area contributed by atoms with Crippen molar-refractivity contribution in [1.82, 2.24) is 19.8 Å². The van der Waals surface area contributed by atoms with Gasteiger partial charge in [0.05, 0.1) is 17.8 Å². The van der Waals surface area contributed by atoms with Gasteiger partial charge in [-0.05, 0) is 18.6 Å². The lowest BCUT2D eigenvalue weighted by Crippen LogP contribution is -2.35. The van der Waals surface area contributed by atoms with Gasteiger partial charge in [-0.25, -0.2) is 4.98 Å². The summed E-state index contributed by atoms with van der Waals surface area (Å²) in [7, 11) is 0. The summed E-state index contributed by atoms with van der Waals surface area (Å²) in [5, 5.41) is 0.601. The summed E-state index contributed by atoms with van der Waals surface area (Å²) in [5.41, 5.74) is 1.61. The molecule has 0 spiro atoms. The van der Waals surface area contributed by atoms with Crippen LogP contribution in [0.25, 0.3) is 11.0 Å². The van der Waals surface area contributed by atoms with E-state index in [1.54, 1.807) is 29.5 Å². The van der Waals surface area contributed by atoms with E-state index in [-0.39, 0.29) is 11.3 Å². The molecule has 3 aromatic rings. The third-order valence-corrected chi connectivity index (χ3v) is 4.80. The monoisotopic (exact) mass is 364 g/mol. The van der Waals surface area contributed by atoms with Crippen LogP contribution in [0.5, 0.6) is 0 Å². The summed E-state index contributed by atoms with van der Waals surface area (Å²) < 4.78 is 5.61. The molecule has 1 fully saturated rings. The normalized spacial score (nSPS) is 15.6. The number of fused-ring (bicyclic) bond motifs is 1. The lowest BCUT2D eigenvalue weighted by molar-refractivity contribution is 0.0754. The second-order valence-electron chi connectivity index (χ2n) is 6.60. The molecule has 7 heteroatoms. The van der Waals surface area contributed by atoms with Gasteiger partial charge in [-0.1, -0.05) is 12.1 Å². The van der Waals surface area contributed by atoms with E-state index in [1.165, 1.54) is 12.4 Å². The Bertz CT molecular complexity index is 1000. The van der Waals surface area contributed by atoms with Crippen LogP contribution in [0.3, 0.4) is 0 Å². The lowest BCUT2D eigenvalue weighted by Gasteiger charge is -2.21. The lowest BCUT2D eigenvalue weighted by atomic mass is 10.1. The molecular formula is C20H20N4O3. The van der Waals surface area contributed by atoms with E-state index in [9.17, 15) is 9.59 Å². The fraction of sp³-hybridized carbons (Fsp3) is 0.300. The van der Waals surface area contributed by atoms with Crippen LogP contribution in [0.1, 0.15) is 22.5 Å². The summed E-state index contributed by atoms with van der Waals surface area (Å²) >= 11 is 0. The Labute approximate surface area is 156 Å². The highest BCUT2D eigenvalue weighted by molar-refractivity contribution is 5.92. The average Bonchev–Trinajstić information content (AvgIpc) is 2.96. The Morgan fingerprint density at radius 2 is 2.00 bits per heavy atom. The molecule has 1 aromatic carbocycles. The smallest absolute Gasteiger partial charge is 0.274 e. The third kappa shape index (κ3) is 3.73. The van der Waals surface area contributed by atoms with Crippen LogP contribution in [0.4, 0.5) is 0 Å². The minimum atomic E-state index is -0.102. The van der Waals surface area contributed by atoms with Crippen molar-refractivity contribution in [2.75, 3.05) is 26.2 Å².